The first kappa shape index (κ1) is 31.9. The Balaban J connectivity index is 2.72. The zero-order valence-electron chi connectivity index (χ0n) is 23.1. The molecule has 0 aliphatic rings. The first-order valence-corrected chi connectivity index (χ1v) is 13.3. The molecular formula is C28H49N3O5. The molecule has 4 unspecified atom stereocenters. The monoisotopic (exact) mass is 507 g/mol. The van der Waals surface area contributed by atoms with Crippen molar-refractivity contribution in [1.82, 2.24) is 10.6 Å². The van der Waals surface area contributed by atoms with Crippen LogP contribution in [0.3, 0.4) is 0 Å². The van der Waals surface area contributed by atoms with Crippen molar-refractivity contribution in [2.75, 3.05) is 33.4 Å². The molecule has 5 N–H and O–H groups in total. The maximum atomic E-state index is 12.9. The lowest BCUT2D eigenvalue weighted by atomic mass is 9.83. The molecule has 0 aromatic heterocycles. The van der Waals surface area contributed by atoms with E-state index in [0.717, 1.165) is 12.8 Å². The van der Waals surface area contributed by atoms with Gasteiger partial charge < -0.3 is 30.9 Å². The number of rotatable bonds is 18. The average Bonchev–Trinajstić information content (AvgIpc) is 2.84. The van der Waals surface area contributed by atoms with Gasteiger partial charge in [-0.05, 0) is 49.1 Å². The molecule has 36 heavy (non-hydrogen) atoms. The van der Waals surface area contributed by atoms with Gasteiger partial charge in [0.15, 0.2) is 0 Å². The summed E-state index contributed by atoms with van der Waals surface area (Å²) >= 11 is 0. The molecule has 1 aromatic carbocycles. The second-order valence-electron chi connectivity index (χ2n) is 10.2. The van der Waals surface area contributed by atoms with Crippen molar-refractivity contribution in [1.29, 1.82) is 0 Å². The molecular weight excluding hydrogens is 458 g/mol. The average molecular weight is 508 g/mol. The van der Waals surface area contributed by atoms with E-state index < -0.39 is 12.1 Å². The fraction of sp³-hybridized carbons (Fsp3) is 0.714. The number of unbranched alkanes of at least 4 members (excludes halogenated alkanes) is 1. The van der Waals surface area contributed by atoms with Gasteiger partial charge in [-0.2, -0.15) is 0 Å². The smallest absolute Gasteiger partial charge is 0.255 e. The summed E-state index contributed by atoms with van der Waals surface area (Å²) in [5, 5.41) is 16.9. The molecule has 0 aliphatic heterocycles. The highest BCUT2D eigenvalue weighted by molar-refractivity contribution is 5.96. The Bertz CT molecular complexity index is 771. The summed E-state index contributed by atoms with van der Waals surface area (Å²) in [6, 6.07) is 6.62. The second-order valence-corrected chi connectivity index (χ2v) is 10.2. The highest BCUT2D eigenvalue weighted by atomic mass is 16.5. The van der Waals surface area contributed by atoms with E-state index >= 15 is 0 Å². The first-order valence-electron chi connectivity index (χ1n) is 13.3. The predicted molar refractivity (Wildman–Crippen MR) is 144 cm³/mol. The number of nitrogens with two attached hydrogens (primary N) is 1. The number of para-hydroxylation sites is 1. The topological polar surface area (TPSA) is 123 Å². The van der Waals surface area contributed by atoms with Crippen LogP contribution in [-0.4, -0.2) is 62.5 Å². The molecule has 8 nitrogen and oxygen atoms in total. The fourth-order valence-electron chi connectivity index (χ4n) is 4.07. The first-order chi connectivity index (χ1) is 17.1. The lowest BCUT2D eigenvalue weighted by Crippen LogP contribution is -2.44. The molecule has 1 rings (SSSR count). The Labute approximate surface area is 217 Å². The van der Waals surface area contributed by atoms with E-state index in [-0.39, 0.29) is 35.5 Å². The van der Waals surface area contributed by atoms with E-state index in [1.165, 1.54) is 0 Å². The Morgan fingerprint density at radius 3 is 2.33 bits per heavy atom. The fourth-order valence-corrected chi connectivity index (χ4v) is 4.07. The Hall–Kier alpha value is -2.16. The number of amides is 2. The molecule has 0 bridgehead atoms. The van der Waals surface area contributed by atoms with Crippen LogP contribution >= 0.6 is 0 Å². The zero-order chi connectivity index (χ0) is 27.1. The standard InChI is InChI=1S/C28H49N3O5/c1-7-8-13-30-28(34)23(20(4)5)17-25(32)24(29)16-21(19(2)3)18-31-27(33)22-11-9-10-12-26(22)36-15-14-35-6/h9-12,19-21,23-25,32H,7-8,13-18,29H2,1-6H3,(H,30,34)(H,31,33). The molecule has 0 heterocycles. The minimum atomic E-state index is -0.804. The number of benzene rings is 1. The van der Waals surface area contributed by atoms with Crippen molar-refractivity contribution in [3.8, 4) is 5.75 Å². The third kappa shape index (κ3) is 11.3. The van der Waals surface area contributed by atoms with Crippen LogP contribution in [0.5, 0.6) is 5.75 Å². The van der Waals surface area contributed by atoms with Gasteiger partial charge in [-0.15, -0.1) is 0 Å². The minimum absolute atomic E-state index is 0.0243. The van der Waals surface area contributed by atoms with Crippen LogP contribution in [0.2, 0.25) is 0 Å². The predicted octanol–water partition coefficient (Wildman–Crippen LogP) is 3.37. The summed E-state index contributed by atoms with van der Waals surface area (Å²) in [7, 11) is 1.60. The summed E-state index contributed by atoms with van der Waals surface area (Å²) in [5.41, 5.74) is 6.88. The maximum absolute atomic E-state index is 12.9. The van der Waals surface area contributed by atoms with Gasteiger partial charge in [0.05, 0.1) is 18.3 Å². The van der Waals surface area contributed by atoms with Gasteiger partial charge in [0.2, 0.25) is 5.91 Å². The lowest BCUT2D eigenvalue weighted by Gasteiger charge is -2.30. The number of hydrogen-bond acceptors (Lipinski definition) is 6. The van der Waals surface area contributed by atoms with Crippen molar-refractivity contribution in [2.24, 2.45) is 29.4 Å². The van der Waals surface area contributed by atoms with Crippen LogP contribution in [0.1, 0.15) is 70.7 Å². The van der Waals surface area contributed by atoms with Gasteiger partial charge in [0, 0.05) is 32.2 Å². The number of aliphatic hydroxyl groups excluding tert-OH is 1. The van der Waals surface area contributed by atoms with E-state index in [1.807, 2.05) is 19.9 Å². The number of carbonyl (C=O) groups excluding carboxylic acids is 2. The normalized spacial score (nSPS) is 14.8. The molecule has 1 aromatic rings. The van der Waals surface area contributed by atoms with Crippen molar-refractivity contribution >= 4 is 11.8 Å². The third-order valence-corrected chi connectivity index (χ3v) is 6.68. The molecule has 0 radical (unpaired) electrons. The van der Waals surface area contributed by atoms with E-state index in [4.69, 9.17) is 15.2 Å². The van der Waals surface area contributed by atoms with Gasteiger partial charge in [-0.25, -0.2) is 0 Å². The molecule has 0 saturated carbocycles. The van der Waals surface area contributed by atoms with Crippen molar-refractivity contribution in [3.05, 3.63) is 29.8 Å². The van der Waals surface area contributed by atoms with Gasteiger partial charge in [-0.1, -0.05) is 53.2 Å². The molecule has 2 amide bonds. The van der Waals surface area contributed by atoms with E-state index in [1.54, 1.807) is 25.3 Å². The lowest BCUT2D eigenvalue weighted by molar-refractivity contribution is -0.127. The number of ether oxygens (including phenoxy) is 2. The number of nitrogens with one attached hydrogen (secondary N) is 2. The molecule has 0 saturated heterocycles. The Kier molecular flexibility index (Phi) is 15.3. The van der Waals surface area contributed by atoms with Crippen LogP contribution in [0.4, 0.5) is 0 Å². The largest absolute Gasteiger partial charge is 0.490 e. The maximum Gasteiger partial charge on any atom is 0.255 e. The van der Waals surface area contributed by atoms with E-state index in [2.05, 4.69) is 31.4 Å². The van der Waals surface area contributed by atoms with Gasteiger partial charge in [0.1, 0.15) is 12.4 Å². The SMILES string of the molecule is CCCCNC(=O)C(CC(O)C(N)CC(CNC(=O)c1ccccc1OCCOC)C(C)C)C(C)C. The molecule has 0 spiro atoms. The van der Waals surface area contributed by atoms with Crippen LogP contribution in [0.15, 0.2) is 24.3 Å². The molecule has 8 heteroatoms. The van der Waals surface area contributed by atoms with Gasteiger partial charge in [-0.3, -0.25) is 9.59 Å². The highest BCUT2D eigenvalue weighted by Crippen LogP contribution is 2.24. The molecule has 206 valence electrons. The quantitative estimate of drug-likeness (QED) is 0.226. The number of aliphatic hydroxyl groups is 1. The van der Waals surface area contributed by atoms with Gasteiger partial charge >= 0.3 is 0 Å². The highest BCUT2D eigenvalue weighted by Gasteiger charge is 2.29. The zero-order valence-corrected chi connectivity index (χ0v) is 23.1. The number of hydrogen-bond donors (Lipinski definition) is 4. The van der Waals surface area contributed by atoms with Crippen molar-refractivity contribution in [2.45, 2.75) is 72.4 Å². The van der Waals surface area contributed by atoms with E-state index in [9.17, 15) is 14.7 Å². The molecule has 0 aliphatic carbocycles. The van der Waals surface area contributed by atoms with Crippen molar-refractivity contribution in [3.63, 3.8) is 0 Å². The second kappa shape index (κ2) is 17.3. The van der Waals surface area contributed by atoms with E-state index in [0.29, 0.717) is 50.5 Å². The molecule has 0 fully saturated rings. The van der Waals surface area contributed by atoms with Crippen LogP contribution < -0.4 is 21.1 Å². The van der Waals surface area contributed by atoms with Crippen LogP contribution in [-0.2, 0) is 9.53 Å². The Morgan fingerprint density at radius 1 is 1.03 bits per heavy atom. The Morgan fingerprint density at radius 2 is 1.72 bits per heavy atom. The van der Waals surface area contributed by atoms with Crippen LogP contribution in [0.25, 0.3) is 0 Å². The summed E-state index contributed by atoms with van der Waals surface area (Å²) in [6.45, 7) is 12.1. The van der Waals surface area contributed by atoms with Gasteiger partial charge in [0.25, 0.3) is 5.91 Å². The summed E-state index contributed by atoms with van der Waals surface area (Å²) in [6.07, 6.45) is 2.00. The summed E-state index contributed by atoms with van der Waals surface area (Å²) in [4.78, 5) is 25.5. The molecule has 4 atom stereocenters. The third-order valence-electron chi connectivity index (χ3n) is 6.68. The van der Waals surface area contributed by atoms with Crippen molar-refractivity contribution < 1.29 is 24.2 Å². The summed E-state index contributed by atoms with van der Waals surface area (Å²) in [5.74, 6) is 0.382. The van der Waals surface area contributed by atoms with Crippen LogP contribution in [0, 0.1) is 23.7 Å². The summed E-state index contributed by atoms with van der Waals surface area (Å²) < 4.78 is 10.7. The number of methoxy groups -OCH3 is 1. The minimum Gasteiger partial charge on any atom is -0.490 e. The number of carbonyl (C=O) groups is 2.